The number of hydrogen-bond donors (Lipinski definition) is 2. The summed E-state index contributed by atoms with van der Waals surface area (Å²) in [4.78, 5) is 15.8. The van der Waals surface area contributed by atoms with E-state index in [-0.39, 0.29) is 12.5 Å². The molecule has 0 aliphatic carbocycles. The fourth-order valence-corrected chi connectivity index (χ4v) is 1.55. The number of nitrogens with zero attached hydrogens (tertiary/aromatic N) is 1. The van der Waals surface area contributed by atoms with E-state index in [1.54, 1.807) is 24.4 Å². The van der Waals surface area contributed by atoms with Crippen LogP contribution in [0, 0.1) is 0 Å². The molecule has 1 heterocycles. The lowest BCUT2D eigenvalue weighted by Gasteiger charge is -2.09. The number of carbonyl (C=O) groups excluding carboxylic acids is 1. The number of para-hydroxylation sites is 1. The molecule has 3 N–H and O–H groups in total. The molecular formula is C14H15N3O2. The van der Waals surface area contributed by atoms with E-state index < -0.39 is 0 Å². The van der Waals surface area contributed by atoms with E-state index in [0.29, 0.717) is 18.1 Å². The Kier molecular flexibility index (Phi) is 4.47. The van der Waals surface area contributed by atoms with Crippen LogP contribution in [-0.2, 0) is 11.3 Å². The maximum Gasteiger partial charge on any atom is 0.263 e. The number of amides is 1. The molecule has 0 saturated heterocycles. The number of pyridine rings is 1. The molecule has 0 aliphatic rings. The number of benzene rings is 1. The summed E-state index contributed by atoms with van der Waals surface area (Å²) in [5, 5.41) is 2.68. The topological polar surface area (TPSA) is 77.2 Å². The van der Waals surface area contributed by atoms with Crippen molar-refractivity contribution < 1.29 is 9.53 Å². The van der Waals surface area contributed by atoms with Gasteiger partial charge in [-0.1, -0.05) is 24.3 Å². The fraction of sp³-hybridized carbons (Fsp3) is 0.143. The first kappa shape index (κ1) is 13.0. The van der Waals surface area contributed by atoms with Crippen molar-refractivity contribution in [1.29, 1.82) is 0 Å². The van der Waals surface area contributed by atoms with Crippen molar-refractivity contribution >= 4 is 11.7 Å². The molecule has 5 heteroatoms. The van der Waals surface area contributed by atoms with Crippen molar-refractivity contribution in [3.8, 4) is 5.75 Å². The van der Waals surface area contributed by atoms with Crippen molar-refractivity contribution in [1.82, 2.24) is 4.98 Å². The van der Waals surface area contributed by atoms with Crippen LogP contribution in [-0.4, -0.2) is 17.5 Å². The third-order valence-electron chi connectivity index (χ3n) is 2.48. The van der Waals surface area contributed by atoms with Gasteiger partial charge < -0.3 is 15.8 Å². The molecule has 98 valence electrons. The lowest BCUT2D eigenvalue weighted by Crippen LogP contribution is -2.22. The minimum Gasteiger partial charge on any atom is -0.484 e. The molecule has 2 rings (SSSR count). The second-order valence-electron chi connectivity index (χ2n) is 3.87. The highest BCUT2D eigenvalue weighted by Gasteiger charge is 2.07. The Balaban J connectivity index is 1.91. The highest BCUT2D eigenvalue weighted by molar-refractivity contribution is 5.91. The molecule has 19 heavy (non-hydrogen) atoms. The number of nitrogens with one attached hydrogen (secondary N) is 1. The van der Waals surface area contributed by atoms with Gasteiger partial charge in [0.15, 0.2) is 6.61 Å². The quantitative estimate of drug-likeness (QED) is 0.852. The molecule has 0 saturated carbocycles. The summed E-state index contributed by atoms with van der Waals surface area (Å²) >= 11 is 0. The first-order chi connectivity index (χ1) is 9.29. The molecule has 1 aromatic heterocycles. The molecule has 0 spiro atoms. The Hall–Kier alpha value is -2.40. The van der Waals surface area contributed by atoms with Gasteiger partial charge in [-0.05, 0) is 18.2 Å². The van der Waals surface area contributed by atoms with E-state index in [1.165, 1.54) is 0 Å². The number of nitrogens with two attached hydrogens (primary N) is 1. The average Bonchev–Trinajstić information content (AvgIpc) is 2.47. The van der Waals surface area contributed by atoms with Crippen molar-refractivity contribution in [2.45, 2.75) is 6.54 Å². The van der Waals surface area contributed by atoms with E-state index in [2.05, 4.69) is 10.3 Å². The van der Waals surface area contributed by atoms with Gasteiger partial charge in [-0.15, -0.1) is 0 Å². The second-order valence-corrected chi connectivity index (χ2v) is 3.87. The van der Waals surface area contributed by atoms with Gasteiger partial charge in [0.2, 0.25) is 0 Å². The lowest BCUT2D eigenvalue weighted by atomic mass is 10.2. The van der Waals surface area contributed by atoms with Gasteiger partial charge in [0.25, 0.3) is 5.91 Å². The molecule has 2 aromatic rings. The predicted octanol–water partition coefficient (Wildman–Crippen LogP) is 1.56. The number of aromatic nitrogens is 1. The molecule has 0 aliphatic heterocycles. The van der Waals surface area contributed by atoms with Crippen LogP contribution < -0.4 is 15.8 Å². The van der Waals surface area contributed by atoms with Crippen LogP contribution in [0.3, 0.4) is 0 Å². The highest BCUT2D eigenvalue weighted by Crippen LogP contribution is 2.11. The summed E-state index contributed by atoms with van der Waals surface area (Å²) in [6.45, 7) is 0.258. The van der Waals surface area contributed by atoms with Crippen LogP contribution >= 0.6 is 0 Å². The summed E-state index contributed by atoms with van der Waals surface area (Å²) in [5.74, 6) is 0.863. The molecule has 0 radical (unpaired) electrons. The van der Waals surface area contributed by atoms with Crippen molar-refractivity contribution in [2.24, 2.45) is 5.73 Å². The maximum absolute atomic E-state index is 11.7. The Morgan fingerprint density at radius 3 is 2.74 bits per heavy atom. The summed E-state index contributed by atoms with van der Waals surface area (Å²) in [7, 11) is 0. The van der Waals surface area contributed by atoms with Gasteiger partial charge in [-0.3, -0.25) is 4.79 Å². The van der Waals surface area contributed by atoms with Crippen molar-refractivity contribution in [3.63, 3.8) is 0 Å². The van der Waals surface area contributed by atoms with Crippen LogP contribution in [0.25, 0.3) is 0 Å². The zero-order valence-corrected chi connectivity index (χ0v) is 10.4. The Labute approximate surface area is 111 Å². The SMILES string of the molecule is NCc1cccnc1NC(=O)COc1ccccc1. The summed E-state index contributed by atoms with van der Waals surface area (Å²) in [6.07, 6.45) is 1.60. The van der Waals surface area contributed by atoms with E-state index >= 15 is 0 Å². The van der Waals surface area contributed by atoms with E-state index in [9.17, 15) is 4.79 Å². The molecule has 0 fully saturated rings. The fourth-order valence-electron chi connectivity index (χ4n) is 1.55. The van der Waals surface area contributed by atoms with Gasteiger partial charge in [-0.2, -0.15) is 0 Å². The lowest BCUT2D eigenvalue weighted by molar-refractivity contribution is -0.118. The van der Waals surface area contributed by atoms with Crippen LogP contribution in [0.4, 0.5) is 5.82 Å². The normalized spacial score (nSPS) is 9.95. The van der Waals surface area contributed by atoms with E-state index in [4.69, 9.17) is 10.5 Å². The Morgan fingerprint density at radius 2 is 2.00 bits per heavy atom. The van der Waals surface area contributed by atoms with Crippen LogP contribution in [0.2, 0.25) is 0 Å². The van der Waals surface area contributed by atoms with Gasteiger partial charge in [-0.25, -0.2) is 4.98 Å². The molecule has 0 unspecified atom stereocenters. The third kappa shape index (κ3) is 3.79. The van der Waals surface area contributed by atoms with Gasteiger partial charge in [0, 0.05) is 18.3 Å². The van der Waals surface area contributed by atoms with Gasteiger partial charge in [0.1, 0.15) is 11.6 Å². The number of rotatable bonds is 5. The number of carbonyl (C=O) groups is 1. The Bertz CT molecular complexity index is 543. The number of ether oxygens (including phenoxy) is 1. The maximum atomic E-state index is 11.7. The Morgan fingerprint density at radius 1 is 1.21 bits per heavy atom. The van der Waals surface area contributed by atoms with Crippen LogP contribution in [0.5, 0.6) is 5.75 Å². The van der Waals surface area contributed by atoms with Gasteiger partial charge in [0.05, 0.1) is 0 Å². The zero-order valence-electron chi connectivity index (χ0n) is 10.4. The van der Waals surface area contributed by atoms with Crippen molar-refractivity contribution in [2.75, 3.05) is 11.9 Å². The summed E-state index contributed by atoms with van der Waals surface area (Å²) in [5.41, 5.74) is 6.36. The standard InChI is InChI=1S/C14H15N3O2/c15-9-11-5-4-8-16-14(11)17-13(18)10-19-12-6-2-1-3-7-12/h1-8H,9-10,15H2,(H,16,17,18). The number of anilines is 1. The van der Waals surface area contributed by atoms with Crippen LogP contribution in [0.1, 0.15) is 5.56 Å². The first-order valence-corrected chi connectivity index (χ1v) is 5.91. The minimum absolute atomic E-state index is 0.0649. The summed E-state index contributed by atoms with van der Waals surface area (Å²) < 4.78 is 5.34. The van der Waals surface area contributed by atoms with E-state index in [0.717, 1.165) is 5.56 Å². The van der Waals surface area contributed by atoms with Crippen molar-refractivity contribution in [3.05, 3.63) is 54.2 Å². The highest BCUT2D eigenvalue weighted by atomic mass is 16.5. The van der Waals surface area contributed by atoms with E-state index in [1.807, 2.05) is 24.3 Å². The van der Waals surface area contributed by atoms with Gasteiger partial charge >= 0.3 is 0 Å². The molecule has 0 bridgehead atoms. The smallest absolute Gasteiger partial charge is 0.263 e. The third-order valence-corrected chi connectivity index (χ3v) is 2.48. The van der Waals surface area contributed by atoms with Crippen LogP contribution in [0.15, 0.2) is 48.7 Å². The largest absolute Gasteiger partial charge is 0.484 e. The number of hydrogen-bond acceptors (Lipinski definition) is 4. The molecular weight excluding hydrogens is 242 g/mol. The molecule has 1 aromatic carbocycles. The molecule has 1 amide bonds. The minimum atomic E-state index is -0.266. The summed E-state index contributed by atoms with van der Waals surface area (Å²) in [6, 6.07) is 12.8. The molecule has 0 atom stereocenters. The average molecular weight is 257 g/mol. The monoisotopic (exact) mass is 257 g/mol. The molecule has 5 nitrogen and oxygen atoms in total. The first-order valence-electron chi connectivity index (χ1n) is 5.91. The zero-order chi connectivity index (χ0) is 13.5. The second kappa shape index (κ2) is 6.51. The predicted molar refractivity (Wildman–Crippen MR) is 72.7 cm³/mol.